The Bertz CT molecular complexity index is 382. The Balaban J connectivity index is 2.22. The molecule has 2 aliphatic heterocycles. The van der Waals surface area contributed by atoms with E-state index in [4.69, 9.17) is 16.3 Å². The largest absolute Gasteiger partial charge is 0.381 e. The predicted molar refractivity (Wildman–Crippen MR) is 72.2 cm³/mol. The highest BCUT2D eigenvalue weighted by Gasteiger charge is 2.34. The van der Waals surface area contributed by atoms with E-state index in [1.807, 2.05) is 11.9 Å². The molecule has 108 valence electrons. The molecule has 0 aromatic heterocycles. The minimum atomic E-state index is -0.510. The van der Waals surface area contributed by atoms with E-state index in [0.717, 1.165) is 39.1 Å². The van der Waals surface area contributed by atoms with Crippen molar-refractivity contribution in [2.45, 2.75) is 25.8 Å². The number of hydrogen-bond acceptors (Lipinski definition) is 5. The lowest BCUT2D eigenvalue weighted by Crippen LogP contribution is -2.48. The van der Waals surface area contributed by atoms with Crippen molar-refractivity contribution in [3.63, 3.8) is 0 Å². The lowest BCUT2D eigenvalue weighted by atomic mass is 10.0. The Morgan fingerprint density at radius 2 is 2.32 bits per heavy atom. The number of nitrogens with zero attached hydrogens (tertiary/aromatic N) is 3. The Labute approximate surface area is 118 Å². The summed E-state index contributed by atoms with van der Waals surface area (Å²) in [5.74, 6) is 0.970. The van der Waals surface area contributed by atoms with Crippen molar-refractivity contribution in [2.75, 3.05) is 33.4 Å². The van der Waals surface area contributed by atoms with E-state index in [9.17, 15) is 10.1 Å². The molecule has 0 amide bonds. The molecule has 2 unspecified atom stereocenters. The molecule has 2 rings (SSSR count). The van der Waals surface area contributed by atoms with Crippen LogP contribution in [0.3, 0.4) is 0 Å². The smallest absolute Gasteiger partial charge is 0.377 e. The highest BCUT2D eigenvalue weighted by molar-refractivity contribution is 6.28. The van der Waals surface area contributed by atoms with Gasteiger partial charge < -0.3 is 14.5 Å². The zero-order valence-electron chi connectivity index (χ0n) is 11.3. The molecule has 0 aromatic carbocycles. The first kappa shape index (κ1) is 14.4. The van der Waals surface area contributed by atoms with Crippen LogP contribution in [0.2, 0.25) is 0 Å². The van der Waals surface area contributed by atoms with E-state index >= 15 is 0 Å². The fourth-order valence-corrected chi connectivity index (χ4v) is 2.95. The van der Waals surface area contributed by atoms with E-state index in [1.165, 1.54) is 0 Å². The minimum Gasteiger partial charge on any atom is -0.381 e. The first-order chi connectivity index (χ1) is 9.00. The zero-order chi connectivity index (χ0) is 14.0. The second-order valence-electron chi connectivity index (χ2n) is 5.31. The average Bonchev–Trinajstić information content (AvgIpc) is 2.86. The van der Waals surface area contributed by atoms with Gasteiger partial charge in [0.2, 0.25) is 0 Å². The second kappa shape index (κ2) is 5.96. The van der Waals surface area contributed by atoms with Crippen LogP contribution in [-0.2, 0) is 4.74 Å². The zero-order valence-corrected chi connectivity index (χ0v) is 12.1. The normalized spacial score (nSPS) is 30.7. The van der Waals surface area contributed by atoms with E-state index in [2.05, 4.69) is 11.8 Å². The van der Waals surface area contributed by atoms with Crippen LogP contribution in [0.1, 0.15) is 19.8 Å². The molecule has 7 heteroatoms. The second-order valence-corrected chi connectivity index (χ2v) is 5.67. The molecule has 0 aliphatic carbocycles. The van der Waals surface area contributed by atoms with Gasteiger partial charge in [-0.2, -0.15) is 0 Å². The lowest BCUT2D eigenvalue weighted by Gasteiger charge is -2.42. The molecule has 0 aromatic rings. The van der Waals surface area contributed by atoms with Gasteiger partial charge in [0.05, 0.1) is 11.5 Å². The van der Waals surface area contributed by atoms with Gasteiger partial charge in [-0.1, -0.05) is 0 Å². The van der Waals surface area contributed by atoms with Crippen LogP contribution in [0.15, 0.2) is 11.0 Å². The van der Waals surface area contributed by atoms with Crippen molar-refractivity contribution < 1.29 is 9.66 Å². The molecule has 0 radical (unpaired) electrons. The van der Waals surface area contributed by atoms with Crippen LogP contribution in [0, 0.1) is 16.0 Å². The molecule has 0 saturated carbocycles. The average molecular weight is 290 g/mol. The van der Waals surface area contributed by atoms with Crippen LogP contribution in [0.5, 0.6) is 0 Å². The molecular weight excluding hydrogens is 270 g/mol. The number of nitro groups is 1. The molecule has 2 aliphatic rings. The van der Waals surface area contributed by atoms with Gasteiger partial charge in [-0.25, -0.2) is 0 Å². The fourth-order valence-electron chi connectivity index (χ4n) is 2.70. The SMILES string of the molecule is CC1CCN(C)C(=C(Cl)[N+](=O)[O-])N1CC1CCOC1. The van der Waals surface area contributed by atoms with E-state index in [1.54, 1.807) is 0 Å². The topological polar surface area (TPSA) is 58.8 Å². The summed E-state index contributed by atoms with van der Waals surface area (Å²) in [6, 6.07) is 0.264. The Morgan fingerprint density at radius 1 is 1.58 bits per heavy atom. The van der Waals surface area contributed by atoms with Gasteiger partial charge in [-0.15, -0.1) is 0 Å². The summed E-state index contributed by atoms with van der Waals surface area (Å²) < 4.78 is 5.38. The summed E-state index contributed by atoms with van der Waals surface area (Å²) in [7, 11) is 1.85. The molecule has 2 fully saturated rings. The maximum Gasteiger partial charge on any atom is 0.377 e. The van der Waals surface area contributed by atoms with E-state index < -0.39 is 4.92 Å². The van der Waals surface area contributed by atoms with Crippen LogP contribution in [0.25, 0.3) is 0 Å². The molecule has 0 bridgehead atoms. The van der Waals surface area contributed by atoms with Crippen molar-refractivity contribution in [1.82, 2.24) is 9.80 Å². The summed E-state index contributed by atoms with van der Waals surface area (Å²) in [6.45, 7) is 5.16. The molecular formula is C12H20ClN3O3. The van der Waals surface area contributed by atoms with Crippen molar-refractivity contribution in [1.29, 1.82) is 0 Å². The van der Waals surface area contributed by atoms with Gasteiger partial charge in [0.15, 0.2) is 5.82 Å². The third kappa shape index (κ3) is 3.12. The third-order valence-electron chi connectivity index (χ3n) is 3.87. The van der Waals surface area contributed by atoms with Crippen molar-refractivity contribution in [2.24, 2.45) is 5.92 Å². The molecule has 2 atom stereocenters. The first-order valence-corrected chi connectivity index (χ1v) is 6.98. The van der Waals surface area contributed by atoms with Gasteiger partial charge in [-0.3, -0.25) is 10.1 Å². The third-order valence-corrected chi connectivity index (χ3v) is 4.18. The minimum absolute atomic E-state index is 0.264. The summed E-state index contributed by atoms with van der Waals surface area (Å²) in [6.07, 6.45) is 1.99. The Morgan fingerprint density at radius 3 is 2.89 bits per heavy atom. The van der Waals surface area contributed by atoms with Gasteiger partial charge in [0.1, 0.15) is 0 Å². The molecule has 2 heterocycles. The summed E-state index contributed by atoms with van der Waals surface area (Å²) in [5.41, 5.74) is 0. The Kier molecular flexibility index (Phi) is 4.52. The van der Waals surface area contributed by atoms with Crippen LogP contribution < -0.4 is 0 Å². The molecule has 0 N–H and O–H groups in total. The lowest BCUT2D eigenvalue weighted by molar-refractivity contribution is -0.415. The number of rotatable bonds is 3. The van der Waals surface area contributed by atoms with E-state index in [-0.39, 0.29) is 11.2 Å². The maximum atomic E-state index is 11.0. The number of halogens is 1. The van der Waals surface area contributed by atoms with Crippen molar-refractivity contribution >= 4 is 11.6 Å². The highest BCUT2D eigenvalue weighted by Crippen LogP contribution is 2.29. The van der Waals surface area contributed by atoms with Gasteiger partial charge in [0, 0.05) is 38.7 Å². The van der Waals surface area contributed by atoms with Gasteiger partial charge in [0.25, 0.3) is 0 Å². The maximum absolute atomic E-state index is 11.0. The standard InChI is InChI=1S/C12H20ClN3O3/c1-9-3-5-14(2)12(11(13)16(17)18)15(9)7-10-4-6-19-8-10/h9-10H,3-8H2,1-2H3. The van der Waals surface area contributed by atoms with Crippen molar-refractivity contribution in [3.05, 3.63) is 21.1 Å². The molecule has 6 nitrogen and oxygen atoms in total. The van der Waals surface area contributed by atoms with Gasteiger partial charge in [-0.05, 0) is 31.4 Å². The summed E-state index contributed by atoms with van der Waals surface area (Å²) in [5, 5.41) is 10.7. The first-order valence-electron chi connectivity index (χ1n) is 6.60. The monoisotopic (exact) mass is 289 g/mol. The van der Waals surface area contributed by atoms with Crippen LogP contribution in [0.4, 0.5) is 0 Å². The summed E-state index contributed by atoms with van der Waals surface area (Å²) >= 11 is 5.90. The van der Waals surface area contributed by atoms with Crippen molar-refractivity contribution in [3.8, 4) is 0 Å². The fraction of sp³-hybridized carbons (Fsp3) is 0.833. The quantitative estimate of drug-likeness (QED) is 0.449. The molecule has 2 saturated heterocycles. The van der Waals surface area contributed by atoms with E-state index in [0.29, 0.717) is 11.7 Å². The number of ether oxygens (including phenoxy) is 1. The van der Waals surface area contributed by atoms with Gasteiger partial charge >= 0.3 is 5.16 Å². The highest BCUT2D eigenvalue weighted by atomic mass is 35.5. The molecule has 0 spiro atoms. The Hall–Kier alpha value is -1.01. The van der Waals surface area contributed by atoms with Crippen LogP contribution >= 0.6 is 11.6 Å². The number of hydrogen-bond donors (Lipinski definition) is 0. The van der Waals surface area contributed by atoms with Crippen LogP contribution in [-0.4, -0.2) is 54.1 Å². The molecule has 19 heavy (non-hydrogen) atoms. The summed E-state index contributed by atoms with van der Waals surface area (Å²) in [4.78, 5) is 14.4. The predicted octanol–water partition coefficient (Wildman–Crippen LogP) is 1.69.